The van der Waals surface area contributed by atoms with Crippen LogP contribution in [0.15, 0.2) is 18.3 Å². The number of aromatic nitrogens is 1. The summed E-state index contributed by atoms with van der Waals surface area (Å²) >= 11 is 0. The number of carbonyl (C=O) groups excluding carboxylic acids is 1. The Morgan fingerprint density at radius 3 is 3.06 bits per heavy atom. The molecule has 1 aliphatic carbocycles. The van der Waals surface area contributed by atoms with Gasteiger partial charge in [-0.15, -0.1) is 0 Å². The molecule has 2 aliphatic rings. The number of nitrogens with zero attached hydrogens (tertiary/aromatic N) is 1. The smallest absolute Gasteiger partial charge is 0.170 e. The molecule has 96 valence electrons. The summed E-state index contributed by atoms with van der Waals surface area (Å²) in [5.41, 5.74) is 2.25. The molecule has 0 spiro atoms. The van der Waals surface area contributed by atoms with Crippen LogP contribution in [0.25, 0.3) is 0 Å². The van der Waals surface area contributed by atoms with Crippen molar-refractivity contribution in [3.63, 3.8) is 0 Å². The molecular weight excluding hydrogens is 226 g/mol. The summed E-state index contributed by atoms with van der Waals surface area (Å²) in [4.78, 5) is 17.0. The van der Waals surface area contributed by atoms with Gasteiger partial charge in [0.25, 0.3) is 0 Å². The second-order valence-electron chi connectivity index (χ2n) is 5.25. The number of carbonyl (C=O) groups is 1. The van der Waals surface area contributed by atoms with Crippen molar-refractivity contribution in [2.24, 2.45) is 0 Å². The Morgan fingerprint density at radius 1 is 1.28 bits per heavy atom. The minimum Gasteiger partial charge on any atom is -0.370 e. The first-order valence-corrected chi connectivity index (χ1v) is 6.95. The third kappa shape index (κ3) is 2.19. The maximum absolute atomic E-state index is 12.6. The molecule has 1 aromatic heterocycles. The molecule has 2 atom stereocenters. The van der Waals surface area contributed by atoms with Gasteiger partial charge in [0.1, 0.15) is 6.10 Å². The Morgan fingerprint density at radius 2 is 2.22 bits per heavy atom. The van der Waals surface area contributed by atoms with E-state index in [2.05, 4.69) is 11.1 Å². The van der Waals surface area contributed by atoms with Crippen LogP contribution in [-0.4, -0.2) is 23.5 Å². The summed E-state index contributed by atoms with van der Waals surface area (Å²) in [7, 11) is 0. The van der Waals surface area contributed by atoms with E-state index in [1.165, 1.54) is 5.56 Å². The average molecular weight is 245 g/mol. The third-order valence-electron chi connectivity index (χ3n) is 4.04. The zero-order valence-corrected chi connectivity index (χ0v) is 10.6. The zero-order valence-electron chi connectivity index (χ0n) is 10.6. The average Bonchev–Trinajstić information content (AvgIpc) is 2.47. The predicted molar refractivity (Wildman–Crippen MR) is 68.5 cm³/mol. The van der Waals surface area contributed by atoms with Gasteiger partial charge in [-0.1, -0.05) is 6.07 Å². The van der Waals surface area contributed by atoms with Gasteiger partial charge in [-0.3, -0.25) is 9.78 Å². The molecule has 3 nitrogen and oxygen atoms in total. The van der Waals surface area contributed by atoms with Gasteiger partial charge in [0.2, 0.25) is 0 Å². The van der Waals surface area contributed by atoms with Crippen LogP contribution in [0, 0.1) is 0 Å². The maximum atomic E-state index is 12.6. The SMILES string of the molecule is O=C(C1CCCCO1)C1CCCc2cccnc21. The van der Waals surface area contributed by atoms with Crippen molar-refractivity contribution in [2.45, 2.75) is 50.5 Å². The molecule has 0 saturated carbocycles. The van der Waals surface area contributed by atoms with Crippen molar-refractivity contribution in [1.29, 1.82) is 0 Å². The second kappa shape index (κ2) is 5.19. The van der Waals surface area contributed by atoms with E-state index in [9.17, 15) is 4.79 Å². The summed E-state index contributed by atoms with van der Waals surface area (Å²) in [6, 6.07) is 4.06. The number of ketones is 1. The Hall–Kier alpha value is -1.22. The van der Waals surface area contributed by atoms with Crippen molar-refractivity contribution < 1.29 is 9.53 Å². The van der Waals surface area contributed by atoms with Crippen molar-refractivity contribution in [2.75, 3.05) is 6.61 Å². The Balaban J connectivity index is 1.82. The molecule has 2 unspecified atom stereocenters. The third-order valence-corrected chi connectivity index (χ3v) is 4.04. The highest BCUT2D eigenvalue weighted by Crippen LogP contribution is 2.33. The minimum absolute atomic E-state index is 0.0296. The fourth-order valence-corrected chi connectivity index (χ4v) is 3.08. The Bertz CT molecular complexity index is 438. The van der Waals surface area contributed by atoms with Crippen LogP contribution in [0.2, 0.25) is 0 Å². The van der Waals surface area contributed by atoms with Gasteiger partial charge in [-0.25, -0.2) is 0 Å². The summed E-state index contributed by atoms with van der Waals surface area (Å²) in [6.07, 6.45) is 7.77. The van der Waals surface area contributed by atoms with E-state index in [0.29, 0.717) is 0 Å². The number of Topliss-reactive ketones (excluding diaryl/α,β-unsaturated/α-hetero) is 1. The molecule has 0 radical (unpaired) electrons. The van der Waals surface area contributed by atoms with E-state index in [-0.39, 0.29) is 17.8 Å². The van der Waals surface area contributed by atoms with Crippen LogP contribution < -0.4 is 0 Å². The molecule has 3 heteroatoms. The number of rotatable bonds is 2. The number of aryl methyl sites for hydroxylation is 1. The van der Waals surface area contributed by atoms with Gasteiger partial charge >= 0.3 is 0 Å². The number of pyridine rings is 1. The van der Waals surface area contributed by atoms with Gasteiger partial charge in [0.15, 0.2) is 5.78 Å². The summed E-state index contributed by atoms with van der Waals surface area (Å²) < 4.78 is 5.63. The Kier molecular flexibility index (Phi) is 3.41. The van der Waals surface area contributed by atoms with E-state index in [0.717, 1.165) is 50.8 Å². The lowest BCUT2D eigenvalue weighted by atomic mass is 9.81. The molecule has 0 aromatic carbocycles. The zero-order chi connectivity index (χ0) is 12.4. The molecule has 1 fully saturated rings. The van der Waals surface area contributed by atoms with Crippen molar-refractivity contribution in [1.82, 2.24) is 4.98 Å². The molecule has 3 rings (SSSR count). The fourth-order valence-electron chi connectivity index (χ4n) is 3.08. The van der Waals surface area contributed by atoms with Gasteiger partial charge in [0, 0.05) is 12.8 Å². The van der Waals surface area contributed by atoms with Crippen LogP contribution in [0.5, 0.6) is 0 Å². The molecule has 2 heterocycles. The monoisotopic (exact) mass is 245 g/mol. The highest BCUT2D eigenvalue weighted by Gasteiger charge is 2.33. The van der Waals surface area contributed by atoms with E-state index in [4.69, 9.17) is 4.74 Å². The van der Waals surface area contributed by atoms with E-state index < -0.39 is 0 Å². The second-order valence-corrected chi connectivity index (χ2v) is 5.25. The van der Waals surface area contributed by atoms with Crippen molar-refractivity contribution in [3.8, 4) is 0 Å². The molecule has 0 bridgehead atoms. The largest absolute Gasteiger partial charge is 0.370 e. The van der Waals surface area contributed by atoms with Crippen LogP contribution in [0.1, 0.15) is 49.3 Å². The first-order chi connectivity index (χ1) is 8.86. The summed E-state index contributed by atoms with van der Waals surface area (Å²) in [5.74, 6) is 0.229. The quantitative estimate of drug-likeness (QED) is 0.804. The summed E-state index contributed by atoms with van der Waals surface area (Å²) in [5, 5.41) is 0. The van der Waals surface area contributed by atoms with Gasteiger partial charge in [0.05, 0.1) is 11.6 Å². The molecular formula is C15H19NO2. The first kappa shape index (κ1) is 11.8. The van der Waals surface area contributed by atoms with Crippen molar-refractivity contribution >= 4 is 5.78 Å². The number of fused-ring (bicyclic) bond motifs is 1. The number of hydrogen-bond acceptors (Lipinski definition) is 3. The normalized spacial score (nSPS) is 27.6. The minimum atomic E-state index is -0.184. The van der Waals surface area contributed by atoms with Gasteiger partial charge < -0.3 is 4.74 Å². The van der Waals surface area contributed by atoms with Crippen molar-refractivity contribution in [3.05, 3.63) is 29.6 Å². The summed E-state index contributed by atoms with van der Waals surface area (Å²) in [6.45, 7) is 0.734. The van der Waals surface area contributed by atoms with Gasteiger partial charge in [-0.05, 0) is 50.2 Å². The molecule has 1 aliphatic heterocycles. The van der Waals surface area contributed by atoms with Crippen LogP contribution in [0.4, 0.5) is 0 Å². The predicted octanol–water partition coefficient (Wildman–Crippen LogP) is 2.64. The standard InChI is InChI=1S/C15H19NO2/c17-15(13-8-1-2-10-18-13)12-7-3-5-11-6-4-9-16-14(11)12/h4,6,9,12-13H,1-3,5,7-8,10H2. The molecule has 0 amide bonds. The number of hydrogen-bond donors (Lipinski definition) is 0. The highest BCUT2D eigenvalue weighted by atomic mass is 16.5. The molecule has 18 heavy (non-hydrogen) atoms. The lowest BCUT2D eigenvalue weighted by molar-refractivity contribution is -0.135. The first-order valence-electron chi connectivity index (χ1n) is 6.95. The molecule has 1 saturated heterocycles. The van der Waals surface area contributed by atoms with E-state index >= 15 is 0 Å². The lowest BCUT2D eigenvalue weighted by Crippen LogP contribution is -2.34. The van der Waals surface area contributed by atoms with Crippen LogP contribution >= 0.6 is 0 Å². The van der Waals surface area contributed by atoms with Crippen LogP contribution in [0.3, 0.4) is 0 Å². The van der Waals surface area contributed by atoms with E-state index in [1.54, 1.807) is 6.20 Å². The van der Waals surface area contributed by atoms with Gasteiger partial charge in [-0.2, -0.15) is 0 Å². The van der Waals surface area contributed by atoms with E-state index in [1.807, 2.05) is 6.07 Å². The lowest BCUT2D eigenvalue weighted by Gasteiger charge is -2.28. The topological polar surface area (TPSA) is 39.2 Å². The number of ether oxygens (including phenoxy) is 1. The maximum Gasteiger partial charge on any atom is 0.170 e. The fraction of sp³-hybridized carbons (Fsp3) is 0.600. The molecule has 1 aromatic rings. The molecule has 0 N–H and O–H groups in total. The highest BCUT2D eigenvalue weighted by molar-refractivity contribution is 5.89. The van der Waals surface area contributed by atoms with Crippen LogP contribution in [-0.2, 0) is 16.0 Å². The Labute approximate surface area is 108 Å².